The molecule has 0 aromatic carbocycles. The number of nitrogens with zero attached hydrogens (tertiary/aromatic N) is 5. The summed E-state index contributed by atoms with van der Waals surface area (Å²) in [4.78, 5) is 36.0. The average molecular weight is 777 g/mol. The number of aliphatic hydroxyl groups excluding tert-OH is 2. The first-order valence-electron chi connectivity index (χ1n) is 19.8. The molecule has 4 heterocycles. The second kappa shape index (κ2) is 19.3. The normalized spacial score (nSPS) is 40.9. The average Bonchev–Trinajstić information content (AvgIpc) is 3.59. The molecule has 0 spiro atoms. The number of hydrogen-bond acceptors (Lipinski definition) is 15. The zero-order chi connectivity index (χ0) is 40.8. The van der Waals surface area contributed by atoms with Crippen molar-refractivity contribution in [3.8, 4) is 0 Å². The summed E-state index contributed by atoms with van der Waals surface area (Å²) in [6.07, 6.45) is -1.58. The third kappa shape index (κ3) is 10.7. The Labute approximate surface area is 327 Å². The molecule has 3 fully saturated rings. The van der Waals surface area contributed by atoms with Gasteiger partial charge >= 0.3 is 5.97 Å². The Morgan fingerprint density at radius 3 is 2.47 bits per heavy atom. The number of carbonyl (C=O) groups excluding carboxylic acids is 2. The zero-order valence-electron chi connectivity index (χ0n) is 34.4. The number of Topliss-reactive ketones (excluding diaryl/α,β-unsaturated/α-hetero) is 1. The van der Waals surface area contributed by atoms with E-state index in [0.717, 1.165) is 24.0 Å². The molecule has 0 bridgehead atoms. The van der Waals surface area contributed by atoms with Gasteiger partial charge in [-0.15, -0.1) is 5.10 Å². The largest absolute Gasteiger partial charge is 0.459 e. The highest BCUT2D eigenvalue weighted by Crippen LogP contribution is 2.39. The summed E-state index contributed by atoms with van der Waals surface area (Å²) in [7, 11) is 9.10. The fourth-order valence-electron chi connectivity index (χ4n) is 8.47. The fourth-order valence-corrected chi connectivity index (χ4v) is 8.47. The van der Waals surface area contributed by atoms with Crippen molar-refractivity contribution in [3.05, 3.63) is 11.9 Å². The van der Waals surface area contributed by atoms with Crippen molar-refractivity contribution < 1.29 is 48.7 Å². The molecule has 55 heavy (non-hydrogen) atoms. The lowest BCUT2D eigenvalue weighted by Gasteiger charge is -2.47. The van der Waals surface area contributed by atoms with E-state index in [2.05, 4.69) is 20.8 Å². The monoisotopic (exact) mass is 776 g/mol. The Hall–Kier alpha value is -2.51. The summed E-state index contributed by atoms with van der Waals surface area (Å²) in [6.45, 7) is 15.7. The standard InChI is InChI=1S/C38H65BN6O10/c1-11-29-38(8,50)33(48)23(4)30(42-55-27-13-12-15-40-19-27)21(2)18-37(7,51-10)34(24(5)31(46)25(6)35(49)53-29)54-36-32(47)28(17-22(3)52-36)44(9)16-14-26-20-45(39)43-41-26/h20-25,27-29,32-34,36,40,47-48,50H,11-19H2,1-10H3/b42-30+/t21-,22-,23-,24+,25-,27-,28+,29-,32-,33-,34-,36+,37-,38-/m1/s1. The zero-order valence-corrected chi connectivity index (χ0v) is 34.4. The van der Waals surface area contributed by atoms with Crippen molar-refractivity contribution in [3.63, 3.8) is 0 Å². The third-order valence-electron chi connectivity index (χ3n) is 12.1. The number of cyclic esters (lactones) is 1. The number of likely N-dealkylation sites (N-methyl/N-ethyl adjacent to an activating group) is 1. The predicted molar refractivity (Wildman–Crippen MR) is 204 cm³/mol. The minimum atomic E-state index is -1.90. The van der Waals surface area contributed by atoms with Crippen LogP contribution >= 0.6 is 0 Å². The van der Waals surface area contributed by atoms with Gasteiger partial charge < -0.3 is 53.9 Å². The van der Waals surface area contributed by atoms with Gasteiger partial charge in [0.25, 0.3) is 7.98 Å². The van der Waals surface area contributed by atoms with E-state index in [1.54, 1.807) is 27.0 Å². The molecule has 0 saturated carbocycles. The second-order valence-electron chi connectivity index (χ2n) is 16.5. The van der Waals surface area contributed by atoms with E-state index in [9.17, 15) is 24.9 Å². The molecule has 2 radical (unpaired) electrons. The number of oxime groups is 1. The van der Waals surface area contributed by atoms with Crippen LogP contribution in [-0.4, -0.2) is 155 Å². The Morgan fingerprint density at radius 1 is 1.16 bits per heavy atom. The van der Waals surface area contributed by atoms with Crippen LogP contribution in [0.15, 0.2) is 11.4 Å². The topological polar surface area (TPSA) is 199 Å². The molecule has 4 N–H and O–H groups in total. The summed E-state index contributed by atoms with van der Waals surface area (Å²) in [6, 6.07) is -0.376. The van der Waals surface area contributed by atoms with E-state index in [4.69, 9.17) is 31.8 Å². The van der Waals surface area contributed by atoms with Crippen LogP contribution in [0.25, 0.3) is 0 Å². The highest BCUT2D eigenvalue weighted by atomic mass is 16.7. The number of ketones is 1. The minimum Gasteiger partial charge on any atom is -0.459 e. The van der Waals surface area contributed by atoms with E-state index in [1.165, 1.54) is 21.0 Å². The molecule has 16 nitrogen and oxygen atoms in total. The molecule has 1 aromatic heterocycles. The molecule has 1 aromatic rings. The summed E-state index contributed by atoms with van der Waals surface area (Å²) in [5, 5.41) is 51.2. The quantitative estimate of drug-likeness (QED) is 0.115. The number of nitrogens with one attached hydrogen (secondary N) is 1. The summed E-state index contributed by atoms with van der Waals surface area (Å²) >= 11 is 0. The number of rotatable bonds is 10. The summed E-state index contributed by atoms with van der Waals surface area (Å²) in [5.41, 5.74) is -1.97. The molecule has 0 unspecified atom stereocenters. The Balaban J connectivity index is 1.72. The van der Waals surface area contributed by atoms with Crippen molar-refractivity contribution in [1.82, 2.24) is 25.1 Å². The molecule has 3 saturated heterocycles. The van der Waals surface area contributed by atoms with Crippen LogP contribution in [0.5, 0.6) is 0 Å². The smallest absolute Gasteiger partial charge is 0.316 e. The summed E-state index contributed by atoms with van der Waals surface area (Å²) in [5.74, 6) is -4.73. The van der Waals surface area contributed by atoms with Crippen LogP contribution in [0.4, 0.5) is 0 Å². The Kier molecular flexibility index (Phi) is 15.9. The maximum Gasteiger partial charge on any atom is 0.316 e. The van der Waals surface area contributed by atoms with Crippen molar-refractivity contribution >= 4 is 25.4 Å². The number of aromatic nitrogens is 3. The molecule has 3 aliphatic rings. The number of carbonyl (C=O) groups is 2. The van der Waals surface area contributed by atoms with Gasteiger partial charge in [-0.2, -0.15) is 0 Å². The molecule has 0 amide bonds. The molecular weight excluding hydrogens is 711 g/mol. The van der Waals surface area contributed by atoms with Gasteiger partial charge in [0.05, 0.1) is 35.3 Å². The van der Waals surface area contributed by atoms with Crippen molar-refractivity contribution in [2.75, 3.05) is 33.8 Å². The van der Waals surface area contributed by atoms with E-state index >= 15 is 0 Å². The Morgan fingerprint density at radius 2 is 1.87 bits per heavy atom. The maximum atomic E-state index is 14.3. The van der Waals surface area contributed by atoms with E-state index in [0.29, 0.717) is 37.3 Å². The molecule has 0 aliphatic carbocycles. The lowest BCUT2D eigenvalue weighted by Crippen LogP contribution is -2.60. The lowest BCUT2D eigenvalue weighted by atomic mass is 9.74. The van der Waals surface area contributed by atoms with E-state index in [1.807, 2.05) is 32.7 Å². The van der Waals surface area contributed by atoms with Crippen molar-refractivity contribution in [2.45, 2.75) is 154 Å². The van der Waals surface area contributed by atoms with Gasteiger partial charge in [0, 0.05) is 56.6 Å². The van der Waals surface area contributed by atoms with Gasteiger partial charge in [-0.05, 0) is 73.4 Å². The molecule has 310 valence electrons. The van der Waals surface area contributed by atoms with Gasteiger partial charge in [-0.1, -0.05) is 38.1 Å². The van der Waals surface area contributed by atoms with Crippen molar-refractivity contribution in [2.24, 2.45) is 28.8 Å². The van der Waals surface area contributed by atoms with Gasteiger partial charge in [0.2, 0.25) is 0 Å². The van der Waals surface area contributed by atoms with Crippen LogP contribution in [0, 0.1) is 23.7 Å². The molecule has 3 aliphatic heterocycles. The summed E-state index contributed by atoms with van der Waals surface area (Å²) < 4.78 is 26.2. The SMILES string of the molecule is [B]n1cc(CCN(C)[C@H]2C[C@@H](C)O[C@@H](O[C@@H]3[C@@H](C)C(=O)[C@@H](C)C(=O)O[C@H](CC)[C@@](C)(O)[C@H](O)[C@H](C)/C(=N/O[C@@H]4CCCNC4)[C@H](C)C[C@@]3(C)OC)[C@@H]2O)nn1. The molecule has 14 atom stereocenters. The van der Waals surface area contributed by atoms with E-state index < -0.39 is 77.3 Å². The Bertz CT molecular complexity index is 1440. The maximum absolute atomic E-state index is 14.3. The van der Waals surface area contributed by atoms with E-state index in [-0.39, 0.29) is 31.1 Å². The number of aliphatic hydroxyl groups is 3. The highest BCUT2D eigenvalue weighted by Gasteiger charge is 2.52. The van der Waals surface area contributed by atoms with Crippen molar-refractivity contribution in [1.29, 1.82) is 0 Å². The predicted octanol–water partition coefficient (Wildman–Crippen LogP) is 1.41. The van der Waals surface area contributed by atoms with Gasteiger partial charge in [0.15, 0.2) is 12.1 Å². The van der Waals surface area contributed by atoms with Gasteiger partial charge in [-0.25, -0.2) is 0 Å². The van der Waals surface area contributed by atoms with Crippen LogP contribution < -0.4 is 5.32 Å². The number of piperidine rings is 1. The molecule has 17 heteroatoms. The van der Waals surface area contributed by atoms with Gasteiger partial charge in [-0.3, -0.25) is 9.59 Å². The first-order chi connectivity index (χ1) is 25.8. The molecular formula is C38H65BN6O10. The number of methoxy groups -OCH3 is 1. The van der Waals surface area contributed by atoms with Crippen LogP contribution in [-0.2, 0) is 39.8 Å². The van der Waals surface area contributed by atoms with Crippen LogP contribution in [0.2, 0.25) is 0 Å². The number of hydrogen-bond donors (Lipinski definition) is 4. The second-order valence-corrected chi connectivity index (χ2v) is 16.5. The highest BCUT2D eigenvalue weighted by molar-refractivity contribution is 6.05. The first kappa shape index (κ1) is 45.2. The van der Waals surface area contributed by atoms with Crippen LogP contribution in [0.3, 0.4) is 0 Å². The van der Waals surface area contributed by atoms with Gasteiger partial charge in [0.1, 0.15) is 29.8 Å². The fraction of sp³-hybridized carbons (Fsp3) is 0.868. The number of ether oxygens (including phenoxy) is 4. The number of esters is 1. The third-order valence-corrected chi connectivity index (χ3v) is 12.1. The molecule has 4 rings (SSSR count). The lowest BCUT2D eigenvalue weighted by molar-refractivity contribution is -0.295. The minimum absolute atomic E-state index is 0.177. The van der Waals surface area contributed by atoms with Crippen LogP contribution in [0.1, 0.15) is 93.2 Å². The first-order valence-corrected chi connectivity index (χ1v) is 19.8.